The molecule has 2 aromatic heterocycles. The molecule has 7 nitrogen and oxygen atoms in total. The summed E-state index contributed by atoms with van der Waals surface area (Å²) >= 11 is 0. The van der Waals surface area contributed by atoms with Gasteiger partial charge in [-0.2, -0.15) is 5.10 Å². The van der Waals surface area contributed by atoms with E-state index in [0.717, 1.165) is 5.82 Å². The lowest BCUT2D eigenvalue weighted by molar-refractivity contribution is 0.0950. The standard InChI is InChI=1S/C20H22FN5O2/c1-13-9-12-25(17-7-5-16(21)6-8-17)20(28)18(13)19(27)22-10-4-11-26-15(3)23-14(2)24-26/h5-9,12H,4,10-11H2,1-3H3,(H,22,27). The van der Waals surface area contributed by atoms with Crippen LogP contribution in [0.5, 0.6) is 0 Å². The molecule has 0 saturated heterocycles. The van der Waals surface area contributed by atoms with Gasteiger partial charge in [0, 0.05) is 25.0 Å². The molecular weight excluding hydrogens is 361 g/mol. The van der Waals surface area contributed by atoms with Crippen LogP contribution >= 0.6 is 0 Å². The third-order valence-electron chi connectivity index (χ3n) is 4.43. The van der Waals surface area contributed by atoms with Crippen LogP contribution in [0.15, 0.2) is 41.3 Å². The van der Waals surface area contributed by atoms with Crippen molar-refractivity contribution in [1.29, 1.82) is 0 Å². The van der Waals surface area contributed by atoms with E-state index >= 15 is 0 Å². The minimum Gasteiger partial charge on any atom is -0.352 e. The van der Waals surface area contributed by atoms with Crippen molar-refractivity contribution in [2.75, 3.05) is 6.54 Å². The molecule has 28 heavy (non-hydrogen) atoms. The molecule has 0 spiro atoms. The predicted molar refractivity (Wildman–Crippen MR) is 103 cm³/mol. The van der Waals surface area contributed by atoms with Crippen LogP contribution in [0.3, 0.4) is 0 Å². The van der Waals surface area contributed by atoms with Gasteiger partial charge < -0.3 is 5.32 Å². The fourth-order valence-electron chi connectivity index (χ4n) is 3.00. The summed E-state index contributed by atoms with van der Waals surface area (Å²) in [5.74, 6) is 0.720. The first-order chi connectivity index (χ1) is 13.4. The zero-order chi connectivity index (χ0) is 20.3. The molecule has 146 valence electrons. The first-order valence-electron chi connectivity index (χ1n) is 9.01. The Morgan fingerprint density at radius 2 is 1.86 bits per heavy atom. The molecule has 0 atom stereocenters. The lowest BCUT2D eigenvalue weighted by atomic mass is 10.1. The van der Waals surface area contributed by atoms with Crippen LogP contribution in [0, 0.1) is 26.6 Å². The number of pyridine rings is 1. The topological polar surface area (TPSA) is 81.8 Å². The maximum atomic E-state index is 13.1. The molecule has 0 radical (unpaired) electrons. The molecule has 1 amide bonds. The normalized spacial score (nSPS) is 10.9. The van der Waals surface area contributed by atoms with E-state index in [2.05, 4.69) is 15.4 Å². The van der Waals surface area contributed by atoms with Gasteiger partial charge >= 0.3 is 0 Å². The molecule has 0 fully saturated rings. The second-order valence-electron chi connectivity index (χ2n) is 6.56. The van der Waals surface area contributed by atoms with E-state index in [-0.39, 0.29) is 11.4 Å². The molecule has 0 saturated carbocycles. The van der Waals surface area contributed by atoms with E-state index in [1.807, 2.05) is 13.8 Å². The van der Waals surface area contributed by atoms with Crippen molar-refractivity contribution in [2.24, 2.45) is 0 Å². The predicted octanol–water partition coefficient (Wildman–Crippen LogP) is 2.31. The monoisotopic (exact) mass is 383 g/mol. The molecule has 0 bridgehead atoms. The van der Waals surface area contributed by atoms with Crippen molar-refractivity contribution in [3.63, 3.8) is 0 Å². The van der Waals surface area contributed by atoms with Gasteiger partial charge in [0.15, 0.2) is 0 Å². The Hall–Kier alpha value is -3.29. The van der Waals surface area contributed by atoms with E-state index in [0.29, 0.717) is 36.6 Å². The van der Waals surface area contributed by atoms with E-state index < -0.39 is 11.5 Å². The Balaban J connectivity index is 1.71. The summed E-state index contributed by atoms with van der Waals surface area (Å²) < 4.78 is 16.3. The second kappa shape index (κ2) is 8.16. The molecule has 0 aliphatic carbocycles. The van der Waals surface area contributed by atoms with Crippen molar-refractivity contribution >= 4 is 5.91 Å². The third-order valence-corrected chi connectivity index (χ3v) is 4.43. The van der Waals surface area contributed by atoms with Crippen LogP contribution < -0.4 is 10.9 Å². The van der Waals surface area contributed by atoms with Gasteiger partial charge in [-0.05, 0) is 63.1 Å². The van der Waals surface area contributed by atoms with Gasteiger partial charge in [-0.25, -0.2) is 9.37 Å². The van der Waals surface area contributed by atoms with Crippen LogP contribution in [-0.4, -0.2) is 31.8 Å². The fraction of sp³-hybridized carbons (Fsp3) is 0.300. The lowest BCUT2D eigenvalue weighted by Crippen LogP contribution is -2.34. The average molecular weight is 383 g/mol. The summed E-state index contributed by atoms with van der Waals surface area (Å²) in [5, 5.41) is 7.07. The lowest BCUT2D eigenvalue weighted by Gasteiger charge is -2.11. The Morgan fingerprint density at radius 1 is 1.14 bits per heavy atom. The molecule has 0 aliphatic rings. The van der Waals surface area contributed by atoms with E-state index in [4.69, 9.17) is 0 Å². The van der Waals surface area contributed by atoms with Crippen molar-refractivity contribution in [3.8, 4) is 5.69 Å². The van der Waals surface area contributed by atoms with Gasteiger partial charge in [-0.15, -0.1) is 0 Å². The quantitative estimate of drug-likeness (QED) is 0.663. The number of hydrogen-bond acceptors (Lipinski definition) is 4. The summed E-state index contributed by atoms with van der Waals surface area (Å²) in [6.07, 6.45) is 2.24. The van der Waals surface area contributed by atoms with Crippen molar-refractivity contribution in [2.45, 2.75) is 33.7 Å². The average Bonchev–Trinajstić information content (AvgIpc) is 2.97. The Morgan fingerprint density at radius 3 is 2.50 bits per heavy atom. The maximum absolute atomic E-state index is 13.1. The van der Waals surface area contributed by atoms with Gasteiger partial charge in [-0.3, -0.25) is 18.8 Å². The summed E-state index contributed by atoms with van der Waals surface area (Å²) in [7, 11) is 0. The molecule has 3 aromatic rings. The van der Waals surface area contributed by atoms with Crippen LogP contribution in [0.4, 0.5) is 4.39 Å². The number of aromatic nitrogens is 4. The maximum Gasteiger partial charge on any atom is 0.268 e. The van der Waals surface area contributed by atoms with Gasteiger partial charge in [0.25, 0.3) is 11.5 Å². The van der Waals surface area contributed by atoms with Crippen LogP contribution in [0.2, 0.25) is 0 Å². The van der Waals surface area contributed by atoms with E-state index in [9.17, 15) is 14.0 Å². The summed E-state index contributed by atoms with van der Waals surface area (Å²) in [4.78, 5) is 29.6. The first-order valence-corrected chi connectivity index (χ1v) is 9.01. The molecule has 2 heterocycles. The van der Waals surface area contributed by atoms with Gasteiger partial charge in [0.1, 0.15) is 23.0 Å². The van der Waals surface area contributed by atoms with Crippen molar-refractivity contribution in [1.82, 2.24) is 24.6 Å². The highest BCUT2D eigenvalue weighted by atomic mass is 19.1. The third kappa shape index (κ3) is 4.16. The molecular formula is C20H22FN5O2. The fourth-order valence-corrected chi connectivity index (χ4v) is 3.00. The second-order valence-corrected chi connectivity index (χ2v) is 6.56. The number of nitrogens with one attached hydrogen (secondary N) is 1. The summed E-state index contributed by atoms with van der Waals surface area (Å²) in [6, 6.07) is 7.23. The number of carbonyl (C=O) groups excluding carboxylic acids is 1. The molecule has 3 rings (SSSR count). The number of nitrogens with zero attached hydrogens (tertiary/aromatic N) is 4. The Bertz CT molecular complexity index is 1050. The van der Waals surface area contributed by atoms with E-state index in [1.54, 1.807) is 23.9 Å². The molecule has 0 aliphatic heterocycles. The number of amides is 1. The van der Waals surface area contributed by atoms with Crippen LogP contribution in [0.1, 0.15) is 34.0 Å². The molecule has 8 heteroatoms. The van der Waals surface area contributed by atoms with Crippen LogP contribution in [0.25, 0.3) is 5.69 Å². The van der Waals surface area contributed by atoms with Gasteiger partial charge in [-0.1, -0.05) is 0 Å². The number of halogens is 1. The molecule has 1 aromatic carbocycles. The van der Waals surface area contributed by atoms with Crippen molar-refractivity contribution in [3.05, 3.63) is 75.5 Å². The SMILES string of the molecule is Cc1nc(C)n(CCCNC(=O)c2c(C)ccn(-c3ccc(F)cc3)c2=O)n1. The zero-order valence-electron chi connectivity index (χ0n) is 16.1. The summed E-state index contributed by atoms with van der Waals surface area (Å²) in [5.41, 5.74) is 0.729. The van der Waals surface area contributed by atoms with Crippen molar-refractivity contribution < 1.29 is 9.18 Å². The molecule has 1 N–H and O–H groups in total. The number of hydrogen-bond donors (Lipinski definition) is 1. The van der Waals surface area contributed by atoms with Gasteiger partial charge in [0.05, 0.1) is 0 Å². The summed E-state index contributed by atoms with van der Waals surface area (Å²) in [6.45, 7) is 6.45. The minimum atomic E-state index is -0.438. The smallest absolute Gasteiger partial charge is 0.268 e. The first kappa shape index (κ1) is 19.5. The van der Waals surface area contributed by atoms with E-state index in [1.165, 1.54) is 28.8 Å². The number of benzene rings is 1. The zero-order valence-corrected chi connectivity index (χ0v) is 16.1. The Labute approximate surface area is 161 Å². The van der Waals surface area contributed by atoms with Crippen LogP contribution in [-0.2, 0) is 6.54 Å². The number of carbonyl (C=O) groups is 1. The molecule has 0 unspecified atom stereocenters. The largest absolute Gasteiger partial charge is 0.352 e. The number of rotatable bonds is 6. The highest BCUT2D eigenvalue weighted by Crippen LogP contribution is 2.09. The van der Waals surface area contributed by atoms with Gasteiger partial charge in [0.2, 0.25) is 0 Å². The highest BCUT2D eigenvalue weighted by molar-refractivity contribution is 5.95. The Kier molecular flexibility index (Phi) is 5.67. The minimum absolute atomic E-state index is 0.0830. The number of aryl methyl sites for hydroxylation is 4. The highest BCUT2D eigenvalue weighted by Gasteiger charge is 2.16.